The third-order valence-corrected chi connectivity index (χ3v) is 5.46. The number of hydrogen-bond donors (Lipinski definition) is 1. The van der Waals surface area contributed by atoms with Crippen LogP contribution < -0.4 is 20.2 Å². The molecular formula is C26H23NO5. The third-order valence-electron chi connectivity index (χ3n) is 5.46. The Labute approximate surface area is 185 Å². The fourth-order valence-corrected chi connectivity index (χ4v) is 3.54. The van der Waals surface area contributed by atoms with Gasteiger partial charge in [-0.2, -0.15) is 0 Å². The first-order chi connectivity index (χ1) is 15.4. The van der Waals surface area contributed by atoms with Gasteiger partial charge in [0.15, 0.2) is 11.5 Å². The monoisotopic (exact) mass is 429 g/mol. The molecule has 0 radical (unpaired) electrons. The number of aryl methyl sites for hydroxylation is 2. The second kappa shape index (κ2) is 8.59. The smallest absolute Gasteiger partial charge is 0.248 e. The molecule has 0 bridgehead atoms. The molecule has 1 aromatic heterocycles. The minimum absolute atomic E-state index is 0.0874. The van der Waals surface area contributed by atoms with Gasteiger partial charge in [0, 0.05) is 17.8 Å². The number of nitrogens with one attached hydrogen (secondary N) is 1. The van der Waals surface area contributed by atoms with E-state index >= 15 is 0 Å². The maximum atomic E-state index is 12.9. The summed E-state index contributed by atoms with van der Waals surface area (Å²) in [6, 6.07) is 14.1. The summed E-state index contributed by atoms with van der Waals surface area (Å²) in [7, 11) is 3.12. The number of hydrogen-bond acceptors (Lipinski definition) is 5. The Kier molecular flexibility index (Phi) is 5.69. The van der Waals surface area contributed by atoms with Gasteiger partial charge in [-0.3, -0.25) is 9.59 Å². The van der Waals surface area contributed by atoms with Crippen molar-refractivity contribution in [3.05, 3.63) is 81.5 Å². The molecule has 0 spiro atoms. The summed E-state index contributed by atoms with van der Waals surface area (Å²) in [5.74, 6) is 0.886. The van der Waals surface area contributed by atoms with Crippen molar-refractivity contribution in [3.8, 4) is 11.5 Å². The van der Waals surface area contributed by atoms with Gasteiger partial charge in [0.05, 0.1) is 25.0 Å². The van der Waals surface area contributed by atoms with Crippen molar-refractivity contribution in [1.29, 1.82) is 0 Å². The van der Waals surface area contributed by atoms with Gasteiger partial charge in [0.2, 0.25) is 11.3 Å². The topological polar surface area (TPSA) is 77.8 Å². The molecule has 0 saturated carbocycles. The minimum atomic E-state index is -0.311. The van der Waals surface area contributed by atoms with Crippen LogP contribution >= 0.6 is 0 Å². The van der Waals surface area contributed by atoms with E-state index in [1.54, 1.807) is 56.7 Å². The molecule has 6 nitrogen and oxygen atoms in total. The second-order valence-electron chi connectivity index (χ2n) is 7.46. The summed E-state index contributed by atoms with van der Waals surface area (Å²) in [5, 5.41) is 3.83. The first kappa shape index (κ1) is 21.2. The van der Waals surface area contributed by atoms with Crippen molar-refractivity contribution in [3.63, 3.8) is 0 Å². The van der Waals surface area contributed by atoms with E-state index in [0.29, 0.717) is 39.1 Å². The Morgan fingerprint density at radius 3 is 2.44 bits per heavy atom. The predicted octanol–water partition coefficient (Wildman–Crippen LogP) is 5.23. The van der Waals surface area contributed by atoms with E-state index in [9.17, 15) is 9.59 Å². The summed E-state index contributed by atoms with van der Waals surface area (Å²) in [6.07, 6.45) is 3.10. The van der Waals surface area contributed by atoms with Gasteiger partial charge in [0.25, 0.3) is 0 Å². The number of methoxy groups -OCH3 is 2. The molecule has 3 aromatic carbocycles. The summed E-state index contributed by atoms with van der Waals surface area (Å²) in [6.45, 7) is 3.90. The van der Waals surface area contributed by atoms with E-state index in [4.69, 9.17) is 13.9 Å². The van der Waals surface area contributed by atoms with Crippen LogP contribution in [0.15, 0.2) is 63.8 Å². The molecule has 1 heterocycles. The number of fused-ring (bicyclic) bond motifs is 2. The Balaban J connectivity index is 1.61. The van der Waals surface area contributed by atoms with Gasteiger partial charge in [-0.25, -0.2) is 0 Å². The first-order valence-corrected chi connectivity index (χ1v) is 10.1. The first-order valence-electron chi connectivity index (χ1n) is 10.1. The predicted molar refractivity (Wildman–Crippen MR) is 127 cm³/mol. The number of carbonyl (C=O) groups is 1. The molecule has 4 aromatic rings. The molecule has 162 valence electrons. The largest absolute Gasteiger partial charge is 0.493 e. The highest BCUT2D eigenvalue weighted by atomic mass is 16.5. The van der Waals surface area contributed by atoms with Crippen LogP contribution in [0, 0.1) is 13.8 Å². The van der Waals surface area contributed by atoms with E-state index in [1.165, 1.54) is 6.08 Å². The highest BCUT2D eigenvalue weighted by Crippen LogP contribution is 2.28. The zero-order chi connectivity index (χ0) is 22.8. The molecule has 0 fully saturated rings. The van der Waals surface area contributed by atoms with E-state index in [2.05, 4.69) is 5.32 Å². The van der Waals surface area contributed by atoms with Crippen LogP contribution in [0.5, 0.6) is 11.5 Å². The van der Waals surface area contributed by atoms with Gasteiger partial charge in [-0.15, -0.1) is 0 Å². The van der Waals surface area contributed by atoms with Gasteiger partial charge < -0.3 is 19.2 Å². The highest BCUT2D eigenvalue weighted by Gasteiger charge is 2.12. The quantitative estimate of drug-likeness (QED) is 0.347. The van der Waals surface area contributed by atoms with Crippen molar-refractivity contribution in [1.82, 2.24) is 0 Å². The van der Waals surface area contributed by atoms with Crippen molar-refractivity contribution in [2.45, 2.75) is 13.8 Å². The Morgan fingerprint density at radius 2 is 1.69 bits per heavy atom. The number of carbonyl (C=O) groups excluding carboxylic acids is 1. The maximum Gasteiger partial charge on any atom is 0.248 e. The number of anilines is 1. The van der Waals surface area contributed by atoms with Crippen LogP contribution in [0.3, 0.4) is 0 Å². The molecule has 0 saturated heterocycles. The lowest BCUT2D eigenvalue weighted by Crippen LogP contribution is -2.08. The fourth-order valence-electron chi connectivity index (χ4n) is 3.54. The standard InChI is InChI=1S/C26H23NO5/c1-15-5-9-20-25(29)19-10-8-18(14-22(19)32-26(20)16(15)2)27-24(28)12-7-17-6-11-21(30-3)23(13-17)31-4/h5-14H,1-4H3,(H,27,28)/b12-7+. The van der Waals surface area contributed by atoms with Gasteiger partial charge in [0.1, 0.15) is 11.2 Å². The van der Waals surface area contributed by atoms with Crippen LogP contribution in [0.2, 0.25) is 0 Å². The molecule has 0 atom stereocenters. The van der Waals surface area contributed by atoms with Crippen molar-refractivity contribution in [2.75, 3.05) is 19.5 Å². The van der Waals surface area contributed by atoms with Crippen molar-refractivity contribution >= 4 is 39.6 Å². The molecule has 1 N–H and O–H groups in total. The molecule has 1 amide bonds. The molecule has 0 unspecified atom stereocenters. The van der Waals surface area contributed by atoms with Crippen LogP contribution in [-0.2, 0) is 4.79 Å². The second-order valence-corrected chi connectivity index (χ2v) is 7.46. The fraction of sp³-hybridized carbons (Fsp3) is 0.154. The number of rotatable bonds is 5. The van der Waals surface area contributed by atoms with Crippen molar-refractivity contribution in [2.24, 2.45) is 0 Å². The van der Waals surface area contributed by atoms with Crippen LogP contribution in [0.1, 0.15) is 16.7 Å². The Morgan fingerprint density at radius 1 is 0.938 bits per heavy atom. The molecule has 4 rings (SSSR count). The lowest BCUT2D eigenvalue weighted by atomic mass is 10.0. The minimum Gasteiger partial charge on any atom is -0.493 e. The molecule has 0 aliphatic heterocycles. The molecule has 0 aliphatic carbocycles. The highest BCUT2D eigenvalue weighted by molar-refractivity contribution is 6.03. The van der Waals surface area contributed by atoms with Crippen LogP contribution in [0.4, 0.5) is 5.69 Å². The van der Waals surface area contributed by atoms with Crippen LogP contribution in [-0.4, -0.2) is 20.1 Å². The summed E-state index contributed by atoms with van der Waals surface area (Å²) in [5.41, 5.74) is 4.21. The summed E-state index contributed by atoms with van der Waals surface area (Å²) < 4.78 is 16.5. The van der Waals surface area contributed by atoms with Crippen molar-refractivity contribution < 1.29 is 18.7 Å². The summed E-state index contributed by atoms with van der Waals surface area (Å²) >= 11 is 0. The van der Waals surface area contributed by atoms with E-state index in [-0.39, 0.29) is 11.3 Å². The average molecular weight is 429 g/mol. The zero-order valence-corrected chi connectivity index (χ0v) is 18.3. The van der Waals surface area contributed by atoms with E-state index < -0.39 is 0 Å². The number of ether oxygens (including phenoxy) is 2. The molecule has 0 aliphatic rings. The zero-order valence-electron chi connectivity index (χ0n) is 18.3. The molecular weight excluding hydrogens is 406 g/mol. The normalized spacial score (nSPS) is 11.2. The number of benzene rings is 3. The molecule has 6 heteroatoms. The SMILES string of the molecule is COc1ccc(/C=C/C(=O)Nc2ccc3c(=O)c4ccc(C)c(C)c4oc3c2)cc1OC. The third kappa shape index (κ3) is 3.95. The van der Waals surface area contributed by atoms with Gasteiger partial charge in [-0.1, -0.05) is 12.1 Å². The number of amides is 1. The lowest BCUT2D eigenvalue weighted by molar-refractivity contribution is -0.111. The average Bonchev–Trinajstić information content (AvgIpc) is 2.80. The van der Waals surface area contributed by atoms with E-state index in [1.807, 2.05) is 26.0 Å². The molecule has 32 heavy (non-hydrogen) atoms. The Bertz CT molecular complexity index is 1430. The maximum absolute atomic E-state index is 12.9. The van der Waals surface area contributed by atoms with Gasteiger partial charge in [-0.05, 0) is 66.9 Å². The summed E-state index contributed by atoms with van der Waals surface area (Å²) in [4.78, 5) is 25.3. The van der Waals surface area contributed by atoms with Crippen LogP contribution in [0.25, 0.3) is 28.0 Å². The van der Waals surface area contributed by atoms with E-state index in [0.717, 1.165) is 16.7 Å². The lowest BCUT2D eigenvalue weighted by Gasteiger charge is -2.08. The van der Waals surface area contributed by atoms with Gasteiger partial charge >= 0.3 is 0 Å². The Hall–Kier alpha value is -4.06.